The lowest BCUT2D eigenvalue weighted by Gasteiger charge is -2.21. The fourth-order valence-corrected chi connectivity index (χ4v) is 3.44. The van der Waals surface area contributed by atoms with Crippen LogP contribution >= 0.6 is 0 Å². The van der Waals surface area contributed by atoms with Gasteiger partial charge in [0.1, 0.15) is 25.2 Å². The van der Waals surface area contributed by atoms with Gasteiger partial charge in [-0.1, -0.05) is 6.07 Å². The number of nitrogens with two attached hydrogens (primary N) is 1. The molecule has 35 heavy (non-hydrogen) atoms. The fourth-order valence-electron chi connectivity index (χ4n) is 3.44. The van der Waals surface area contributed by atoms with Gasteiger partial charge in [-0.15, -0.1) is 9.78 Å². The van der Waals surface area contributed by atoms with Gasteiger partial charge >= 0.3 is 5.69 Å². The molecule has 1 atom stereocenters. The molecule has 0 bridgehead atoms. The summed E-state index contributed by atoms with van der Waals surface area (Å²) < 4.78 is 34.4. The molecule has 0 aliphatic rings. The zero-order valence-electron chi connectivity index (χ0n) is 18.6. The van der Waals surface area contributed by atoms with Crippen molar-refractivity contribution in [3.63, 3.8) is 0 Å². The van der Waals surface area contributed by atoms with Gasteiger partial charge in [-0.25, -0.2) is 23.5 Å². The van der Waals surface area contributed by atoms with Crippen LogP contribution in [0.3, 0.4) is 0 Å². The van der Waals surface area contributed by atoms with E-state index >= 15 is 4.39 Å². The predicted octanol–water partition coefficient (Wildman–Crippen LogP) is 2.63. The molecule has 180 valence electrons. The molecule has 2 heterocycles. The number of alkyl halides is 1. The Bertz CT molecular complexity index is 1390. The first-order valence-corrected chi connectivity index (χ1v) is 10.5. The van der Waals surface area contributed by atoms with E-state index in [1.165, 1.54) is 18.5 Å². The van der Waals surface area contributed by atoms with Crippen LogP contribution in [0.5, 0.6) is 5.75 Å². The lowest BCUT2D eigenvalue weighted by atomic mass is 10.0. The molecule has 2 aromatic heterocycles. The minimum absolute atomic E-state index is 0.0428. The molecular formula is C23H22F2N8O2. The number of aromatic amines is 1. The van der Waals surface area contributed by atoms with Gasteiger partial charge in [0.25, 0.3) is 5.95 Å². The first-order valence-electron chi connectivity index (χ1n) is 10.5. The Balaban J connectivity index is 1.82. The Morgan fingerprint density at radius 1 is 1.26 bits per heavy atom. The van der Waals surface area contributed by atoms with Crippen LogP contribution < -0.4 is 21.5 Å². The minimum atomic E-state index is -0.983. The van der Waals surface area contributed by atoms with E-state index in [1.807, 2.05) is 0 Å². The highest BCUT2D eigenvalue weighted by Crippen LogP contribution is 2.32. The van der Waals surface area contributed by atoms with Gasteiger partial charge < -0.3 is 15.8 Å². The van der Waals surface area contributed by atoms with Crippen molar-refractivity contribution in [2.24, 2.45) is 5.73 Å². The van der Waals surface area contributed by atoms with Crippen LogP contribution in [0.25, 0.3) is 5.95 Å². The van der Waals surface area contributed by atoms with E-state index in [2.05, 4.69) is 25.4 Å². The largest absolute Gasteiger partial charge is 0.488 e. The zero-order valence-corrected chi connectivity index (χ0v) is 18.6. The number of hydrogen-bond acceptors (Lipinski definition) is 7. The summed E-state index contributed by atoms with van der Waals surface area (Å²) in [6.07, 6.45) is 2.92. The van der Waals surface area contributed by atoms with Gasteiger partial charge in [-0.3, -0.25) is 10.4 Å². The van der Waals surface area contributed by atoms with Crippen LogP contribution in [0.15, 0.2) is 59.7 Å². The topological polar surface area (TPSA) is 148 Å². The van der Waals surface area contributed by atoms with Gasteiger partial charge in [0.05, 0.1) is 0 Å². The smallest absolute Gasteiger partial charge is 0.350 e. The molecular weight excluding hydrogens is 458 g/mol. The third-order valence-electron chi connectivity index (χ3n) is 5.01. The van der Waals surface area contributed by atoms with Crippen molar-refractivity contribution < 1.29 is 13.5 Å². The summed E-state index contributed by atoms with van der Waals surface area (Å²) in [6, 6.07) is 10.2. The molecule has 0 spiro atoms. The van der Waals surface area contributed by atoms with Gasteiger partial charge in [0.15, 0.2) is 17.4 Å². The lowest BCUT2D eigenvalue weighted by Crippen LogP contribution is -2.18. The number of ether oxygens (including phenoxy) is 1. The summed E-state index contributed by atoms with van der Waals surface area (Å²) in [7, 11) is 0. The molecule has 12 heteroatoms. The molecule has 0 amide bonds. The van der Waals surface area contributed by atoms with E-state index in [1.54, 1.807) is 43.3 Å². The molecule has 10 nitrogen and oxygen atoms in total. The van der Waals surface area contributed by atoms with Crippen molar-refractivity contribution in [1.29, 1.82) is 5.41 Å². The average Bonchev–Trinajstić information content (AvgIpc) is 3.25. The first-order chi connectivity index (χ1) is 16.9. The van der Waals surface area contributed by atoms with Gasteiger partial charge in [0.2, 0.25) is 0 Å². The number of nitrogens with one attached hydrogen (secondary N) is 3. The zero-order chi connectivity index (χ0) is 24.9. The Morgan fingerprint density at radius 2 is 1.97 bits per heavy atom. The minimum Gasteiger partial charge on any atom is -0.488 e. The fraction of sp³-hybridized carbons (Fsp3) is 0.174. The second kappa shape index (κ2) is 10.1. The number of benzene rings is 2. The number of H-pyrrole nitrogens is 1. The molecule has 2 aromatic carbocycles. The SMILES string of the molecule is Cc1cc(OCCF)c(F)c(C(Nc2ccc(C(=N)N)cc2)c2nn(-c3ncccn3)c(=O)[nH]2)c1. The van der Waals surface area contributed by atoms with E-state index in [0.717, 1.165) is 4.68 Å². The van der Waals surface area contributed by atoms with Crippen molar-refractivity contribution in [2.45, 2.75) is 13.0 Å². The van der Waals surface area contributed by atoms with Crippen LogP contribution in [-0.4, -0.2) is 43.8 Å². The van der Waals surface area contributed by atoms with Crippen LogP contribution in [-0.2, 0) is 0 Å². The maximum absolute atomic E-state index is 15.5. The Hall–Kier alpha value is -4.61. The van der Waals surface area contributed by atoms with Gasteiger partial charge in [-0.05, 0) is 48.9 Å². The van der Waals surface area contributed by atoms with Crippen molar-refractivity contribution in [3.8, 4) is 11.7 Å². The summed E-state index contributed by atoms with van der Waals surface area (Å²) in [4.78, 5) is 23.3. The van der Waals surface area contributed by atoms with Crippen LogP contribution in [0.1, 0.15) is 28.6 Å². The second-order valence-corrected chi connectivity index (χ2v) is 7.55. The van der Waals surface area contributed by atoms with Gasteiger partial charge in [-0.2, -0.15) is 0 Å². The number of nitrogens with zero attached hydrogens (tertiary/aromatic N) is 4. The summed E-state index contributed by atoms with van der Waals surface area (Å²) in [5, 5.41) is 15.0. The average molecular weight is 480 g/mol. The molecule has 0 fully saturated rings. The van der Waals surface area contributed by atoms with E-state index in [4.69, 9.17) is 15.9 Å². The monoisotopic (exact) mass is 480 g/mol. The Labute approximate surface area is 198 Å². The molecule has 5 N–H and O–H groups in total. The van der Waals surface area contributed by atoms with Crippen LogP contribution in [0.2, 0.25) is 0 Å². The number of aryl methyl sites for hydroxylation is 1. The summed E-state index contributed by atoms with van der Waals surface area (Å²) in [6.45, 7) is 0.659. The number of aromatic nitrogens is 5. The maximum atomic E-state index is 15.5. The third-order valence-corrected chi connectivity index (χ3v) is 5.01. The third kappa shape index (κ3) is 5.16. The van der Waals surface area contributed by atoms with E-state index < -0.39 is 24.2 Å². The highest BCUT2D eigenvalue weighted by atomic mass is 19.1. The number of hydrogen-bond donors (Lipinski definition) is 4. The molecule has 1 unspecified atom stereocenters. The van der Waals surface area contributed by atoms with Crippen molar-refractivity contribution >= 4 is 11.5 Å². The number of anilines is 1. The van der Waals surface area contributed by atoms with E-state index in [-0.39, 0.29) is 35.5 Å². The second-order valence-electron chi connectivity index (χ2n) is 7.55. The standard InChI is InChI=1S/C23H22F2N8O2/c1-13-11-16(18(25)17(12-13)35-10-7-24)19(30-15-5-3-14(4-6-15)20(26)27)21-31-23(34)33(32-21)22-28-8-2-9-29-22/h2-6,8-9,11-12,19,30H,7,10H2,1H3,(H3,26,27)(H,31,32,34). The predicted molar refractivity (Wildman–Crippen MR) is 125 cm³/mol. The Morgan fingerprint density at radius 3 is 2.63 bits per heavy atom. The molecule has 0 radical (unpaired) electrons. The molecule has 4 aromatic rings. The number of rotatable bonds is 9. The maximum Gasteiger partial charge on any atom is 0.350 e. The highest BCUT2D eigenvalue weighted by Gasteiger charge is 2.26. The first kappa shape index (κ1) is 23.5. The summed E-state index contributed by atoms with van der Waals surface area (Å²) >= 11 is 0. The molecule has 0 aliphatic heterocycles. The molecule has 4 rings (SSSR count). The molecule has 0 saturated heterocycles. The van der Waals surface area contributed by atoms with Gasteiger partial charge in [0, 0.05) is 29.2 Å². The Kier molecular flexibility index (Phi) is 6.81. The number of nitrogen functional groups attached to an aromatic ring is 1. The quantitative estimate of drug-likeness (QED) is 0.213. The van der Waals surface area contributed by atoms with Crippen molar-refractivity contribution in [3.05, 3.63) is 93.7 Å². The van der Waals surface area contributed by atoms with Crippen molar-refractivity contribution in [1.82, 2.24) is 24.7 Å². The lowest BCUT2D eigenvalue weighted by molar-refractivity contribution is 0.261. The van der Waals surface area contributed by atoms with Crippen LogP contribution in [0, 0.1) is 18.2 Å². The van der Waals surface area contributed by atoms with Crippen LogP contribution in [0.4, 0.5) is 14.5 Å². The number of halogens is 2. The highest BCUT2D eigenvalue weighted by molar-refractivity contribution is 5.95. The number of amidine groups is 1. The normalized spacial score (nSPS) is 11.7. The molecule has 0 saturated carbocycles. The van der Waals surface area contributed by atoms with E-state index in [0.29, 0.717) is 16.8 Å². The molecule has 0 aliphatic carbocycles. The van der Waals surface area contributed by atoms with E-state index in [9.17, 15) is 9.18 Å². The summed E-state index contributed by atoms with van der Waals surface area (Å²) in [5.74, 6) is -0.823. The summed E-state index contributed by atoms with van der Waals surface area (Å²) in [5.41, 5.74) is 6.72. The van der Waals surface area contributed by atoms with Crippen molar-refractivity contribution in [2.75, 3.05) is 18.6 Å².